The Bertz CT molecular complexity index is 482. The van der Waals surface area contributed by atoms with Gasteiger partial charge in [0.2, 0.25) is 5.91 Å². The van der Waals surface area contributed by atoms with E-state index in [4.69, 9.17) is 5.11 Å². The molecule has 0 heterocycles. The Hall–Kier alpha value is -1.84. The molecule has 1 rings (SSSR count). The van der Waals surface area contributed by atoms with E-state index in [1.165, 1.54) is 23.0 Å². The molecule has 0 fully saturated rings. The minimum atomic E-state index is -1.08. The molecular formula is C15H21NO3. The molecule has 0 aliphatic carbocycles. The largest absolute Gasteiger partial charge is 0.481 e. The summed E-state index contributed by atoms with van der Waals surface area (Å²) in [5, 5.41) is 8.81. The van der Waals surface area contributed by atoms with Crippen LogP contribution in [0.2, 0.25) is 0 Å². The second-order valence-electron chi connectivity index (χ2n) is 4.99. The molecule has 1 unspecified atom stereocenters. The van der Waals surface area contributed by atoms with Crippen LogP contribution in [0.1, 0.15) is 23.6 Å². The highest BCUT2D eigenvalue weighted by Crippen LogP contribution is 2.11. The minimum absolute atomic E-state index is 0.351. The Kier molecular flexibility index (Phi) is 5.10. The topological polar surface area (TPSA) is 57.6 Å². The van der Waals surface area contributed by atoms with Crippen LogP contribution >= 0.6 is 0 Å². The maximum absolute atomic E-state index is 11.8. The van der Waals surface area contributed by atoms with E-state index in [1.807, 2.05) is 6.07 Å². The van der Waals surface area contributed by atoms with Crippen molar-refractivity contribution in [2.75, 3.05) is 13.6 Å². The van der Waals surface area contributed by atoms with Gasteiger partial charge in [-0.3, -0.25) is 9.59 Å². The molecule has 1 aromatic rings. The van der Waals surface area contributed by atoms with Crippen molar-refractivity contribution in [2.45, 2.75) is 27.2 Å². The fourth-order valence-electron chi connectivity index (χ4n) is 1.80. The quantitative estimate of drug-likeness (QED) is 0.827. The number of nitrogens with zero attached hydrogens (tertiary/aromatic N) is 1. The lowest BCUT2D eigenvalue weighted by Gasteiger charge is -2.19. The molecule has 0 bridgehead atoms. The summed E-state index contributed by atoms with van der Waals surface area (Å²) < 4.78 is 0. The molecule has 0 aliphatic heterocycles. The minimum Gasteiger partial charge on any atom is -0.481 e. The van der Waals surface area contributed by atoms with Gasteiger partial charge in [0, 0.05) is 13.6 Å². The van der Waals surface area contributed by atoms with Crippen LogP contribution in [0.15, 0.2) is 18.2 Å². The predicted molar refractivity (Wildman–Crippen MR) is 74.1 cm³/mol. The normalized spacial score (nSPS) is 12.0. The number of amides is 1. The number of carboxylic acid groups (broad SMARTS) is 1. The fourth-order valence-corrected chi connectivity index (χ4v) is 1.80. The molecule has 1 atom stereocenters. The third kappa shape index (κ3) is 4.09. The Labute approximate surface area is 114 Å². The van der Waals surface area contributed by atoms with Gasteiger partial charge in [0.15, 0.2) is 0 Å². The van der Waals surface area contributed by atoms with E-state index < -0.39 is 11.9 Å². The van der Waals surface area contributed by atoms with Crippen molar-refractivity contribution in [3.8, 4) is 0 Å². The van der Waals surface area contributed by atoms with E-state index in [2.05, 4.69) is 26.0 Å². The number of carboxylic acids is 1. The highest BCUT2D eigenvalue weighted by atomic mass is 16.4. The maximum atomic E-state index is 11.8. The van der Waals surface area contributed by atoms with Crippen molar-refractivity contribution in [1.29, 1.82) is 0 Å². The molecule has 1 aromatic carbocycles. The molecule has 19 heavy (non-hydrogen) atoms. The molecule has 0 aliphatic rings. The fraction of sp³-hybridized carbons (Fsp3) is 0.467. The van der Waals surface area contributed by atoms with E-state index in [0.717, 1.165) is 12.0 Å². The average Bonchev–Trinajstić information content (AvgIpc) is 2.37. The lowest BCUT2D eigenvalue weighted by Crippen LogP contribution is -2.36. The van der Waals surface area contributed by atoms with E-state index in [1.54, 1.807) is 7.05 Å². The van der Waals surface area contributed by atoms with Crippen LogP contribution in [-0.4, -0.2) is 35.5 Å². The van der Waals surface area contributed by atoms with Crippen LogP contribution in [0.3, 0.4) is 0 Å². The third-order valence-electron chi connectivity index (χ3n) is 3.42. The average molecular weight is 263 g/mol. The van der Waals surface area contributed by atoms with Crippen LogP contribution in [0.4, 0.5) is 0 Å². The van der Waals surface area contributed by atoms with Gasteiger partial charge in [-0.1, -0.05) is 18.2 Å². The summed E-state index contributed by atoms with van der Waals surface area (Å²) in [6.45, 7) is 6.06. The molecular weight excluding hydrogens is 242 g/mol. The predicted octanol–water partition coefficient (Wildman–Crippen LogP) is 2.03. The number of benzene rings is 1. The number of aryl methyl sites for hydroxylation is 2. The SMILES string of the molecule is Cc1ccc(CCN(C)C(=O)C(C)C(=O)O)cc1C. The second-order valence-corrected chi connectivity index (χ2v) is 4.99. The zero-order valence-corrected chi connectivity index (χ0v) is 11.9. The summed E-state index contributed by atoms with van der Waals surface area (Å²) in [6.07, 6.45) is 0.732. The van der Waals surface area contributed by atoms with Crippen LogP contribution in [0.25, 0.3) is 0 Å². The lowest BCUT2D eigenvalue weighted by atomic mass is 10.0. The van der Waals surface area contributed by atoms with Crippen LogP contribution in [0, 0.1) is 19.8 Å². The first-order chi connectivity index (χ1) is 8.82. The number of aliphatic carboxylic acids is 1. The standard InChI is InChI=1S/C15H21NO3/c1-10-5-6-13(9-11(10)2)7-8-16(4)14(17)12(3)15(18)19/h5-6,9,12H,7-8H2,1-4H3,(H,18,19). The van der Waals surface area contributed by atoms with Crippen molar-refractivity contribution in [2.24, 2.45) is 5.92 Å². The van der Waals surface area contributed by atoms with Crippen molar-refractivity contribution in [1.82, 2.24) is 4.90 Å². The van der Waals surface area contributed by atoms with E-state index in [-0.39, 0.29) is 5.91 Å². The number of carbonyl (C=O) groups excluding carboxylic acids is 1. The Morgan fingerprint density at radius 3 is 2.42 bits per heavy atom. The van der Waals surface area contributed by atoms with Crippen molar-refractivity contribution >= 4 is 11.9 Å². The summed E-state index contributed by atoms with van der Waals surface area (Å²) >= 11 is 0. The summed E-state index contributed by atoms with van der Waals surface area (Å²) in [4.78, 5) is 24.0. The zero-order valence-electron chi connectivity index (χ0n) is 11.9. The molecule has 4 heteroatoms. The monoisotopic (exact) mass is 263 g/mol. The summed E-state index contributed by atoms with van der Waals surface area (Å²) in [6, 6.07) is 6.21. The molecule has 0 radical (unpaired) electrons. The van der Waals surface area contributed by atoms with E-state index in [0.29, 0.717) is 6.54 Å². The van der Waals surface area contributed by atoms with Crippen LogP contribution < -0.4 is 0 Å². The number of likely N-dealkylation sites (N-methyl/N-ethyl adjacent to an activating group) is 1. The number of hydrogen-bond donors (Lipinski definition) is 1. The molecule has 4 nitrogen and oxygen atoms in total. The second kappa shape index (κ2) is 6.36. The number of rotatable bonds is 5. The smallest absolute Gasteiger partial charge is 0.315 e. The molecule has 0 aromatic heterocycles. The third-order valence-corrected chi connectivity index (χ3v) is 3.42. The molecule has 104 valence electrons. The van der Waals surface area contributed by atoms with Crippen molar-refractivity contribution in [3.63, 3.8) is 0 Å². The van der Waals surface area contributed by atoms with Gasteiger partial charge in [0.05, 0.1) is 0 Å². The van der Waals surface area contributed by atoms with Gasteiger partial charge < -0.3 is 10.0 Å². The first-order valence-corrected chi connectivity index (χ1v) is 6.37. The van der Waals surface area contributed by atoms with Crippen LogP contribution in [0.5, 0.6) is 0 Å². The van der Waals surface area contributed by atoms with Gasteiger partial charge in [-0.2, -0.15) is 0 Å². The van der Waals surface area contributed by atoms with E-state index in [9.17, 15) is 9.59 Å². The molecule has 0 spiro atoms. The first-order valence-electron chi connectivity index (χ1n) is 6.37. The summed E-state index contributed by atoms with van der Waals surface area (Å²) in [7, 11) is 1.64. The highest BCUT2D eigenvalue weighted by Gasteiger charge is 2.23. The van der Waals surface area contributed by atoms with Crippen LogP contribution in [-0.2, 0) is 16.0 Å². The number of carbonyl (C=O) groups is 2. The maximum Gasteiger partial charge on any atom is 0.315 e. The Morgan fingerprint density at radius 2 is 1.89 bits per heavy atom. The van der Waals surface area contributed by atoms with Gasteiger partial charge in [-0.25, -0.2) is 0 Å². The summed E-state index contributed by atoms with van der Waals surface area (Å²) in [5.74, 6) is -2.41. The first kappa shape index (κ1) is 15.2. The molecule has 0 saturated heterocycles. The van der Waals surface area contributed by atoms with Gasteiger partial charge in [0.25, 0.3) is 0 Å². The highest BCUT2D eigenvalue weighted by molar-refractivity contribution is 5.96. The van der Waals surface area contributed by atoms with Gasteiger partial charge in [-0.05, 0) is 43.9 Å². The van der Waals surface area contributed by atoms with Gasteiger partial charge in [0.1, 0.15) is 5.92 Å². The van der Waals surface area contributed by atoms with E-state index >= 15 is 0 Å². The van der Waals surface area contributed by atoms with Crippen molar-refractivity contribution in [3.05, 3.63) is 34.9 Å². The summed E-state index contributed by atoms with van der Waals surface area (Å²) in [5.41, 5.74) is 3.63. The Balaban J connectivity index is 2.58. The Morgan fingerprint density at radius 1 is 1.26 bits per heavy atom. The lowest BCUT2D eigenvalue weighted by molar-refractivity contribution is -0.149. The molecule has 1 amide bonds. The number of hydrogen-bond acceptors (Lipinski definition) is 2. The van der Waals surface area contributed by atoms with Crippen molar-refractivity contribution < 1.29 is 14.7 Å². The zero-order chi connectivity index (χ0) is 14.6. The molecule has 1 N–H and O–H groups in total. The molecule has 0 saturated carbocycles. The van der Waals surface area contributed by atoms with Gasteiger partial charge >= 0.3 is 5.97 Å². The van der Waals surface area contributed by atoms with Gasteiger partial charge in [-0.15, -0.1) is 0 Å².